The maximum absolute atomic E-state index is 12.5. The fraction of sp³-hybridized carbons (Fsp3) is 0.250. The third-order valence-electron chi connectivity index (χ3n) is 4.26. The fourth-order valence-corrected chi connectivity index (χ4v) is 3.68. The van der Waals surface area contributed by atoms with Crippen molar-refractivity contribution in [3.63, 3.8) is 0 Å². The van der Waals surface area contributed by atoms with Gasteiger partial charge >= 0.3 is 0 Å². The molecule has 7 heteroatoms. The minimum Gasteiger partial charge on any atom is -0.454 e. The molecular formula is C20H19N3O3S. The number of nitrogens with zero attached hydrogens (tertiary/aromatic N) is 2. The molecule has 3 aromatic rings. The van der Waals surface area contributed by atoms with Crippen LogP contribution in [0.5, 0.6) is 11.5 Å². The average Bonchev–Trinajstić information content (AvgIpc) is 3.14. The number of ether oxygens (including phenoxy) is 2. The van der Waals surface area contributed by atoms with E-state index in [1.54, 1.807) is 0 Å². The van der Waals surface area contributed by atoms with Gasteiger partial charge in [0.2, 0.25) is 12.7 Å². The van der Waals surface area contributed by atoms with Crippen molar-refractivity contribution in [2.75, 3.05) is 6.79 Å². The Balaban J connectivity index is 1.40. The predicted molar refractivity (Wildman–Crippen MR) is 104 cm³/mol. The highest BCUT2D eigenvalue weighted by Gasteiger charge is 2.18. The molecule has 1 aliphatic rings. The lowest BCUT2D eigenvalue weighted by molar-refractivity contribution is -0.120. The molecule has 0 saturated heterocycles. The van der Waals surface area contributed by atoms with E-state index in [9.17, 15) is 4.79 Å². The number of benzene rings is 2. The molecule has 1 atom stereocenters. The molecule has 2 aromatic carbocycles. The maximum atomic E-state index is 12.5. The van der Waals surface area contributed by atoms with Crippen molar-refractivity contribution >= 4 is 28.7 Å². The Morgan fingerprint density at radius 2 is 1.89 bits per heavy atom. The van der Waals surface area contributed by atoms with E-state index in [2.05, 4.69) is 15.3 Å². The topological polar surface area (TPSA) is 73.3 Å². The Hall–Kier alpha value is -2.80. The van der Waals surface area contributed by atoms with E-state index < -0.39 is 0 Å². The van der Waals surface area contributed by atoms with E-state index in [1.165, 1.54) is 11.8 Å². The van der Waals surface area contributed by atoms with Crippen LogP contribution in [0.25, 0.3) is 11.0 Å². The summed E-state index contributed by atoms with van der Waals surface area (Å²) in [4.78, 5) is 21.7. The summed E-state index contributed by atoms with van der Waals surface area (Å²) in [6.07, 6.45) is 0. The number of hydrogen-bond donors (Lipinski definition) is 1. The first-order chi connectivity index (χ1) is 13.1. The first kappa shape index (κ1) is 17.6. The van der Waals surface area contributed by atoms with Crippen LogP contribution in [0.15, 0.2) is 47.5 Å². The molecular weight excluding hydrogens is 362 g/mol. The number of rotatable bonds is 5. The van der Waals surface area contributed by atoms with Gasteiger partial charge in [0.05, 0.1) is 22.0 Å². The molecule has 27 heavy (non-hydrogen) atoms. The highest BCUT2D eigenvalue weighted by atomic mass is 32.2. The number of thioether (sulfide) groups is 1. The highest BCUT2D eigenvalue weighted by Crippen LogP contribution is 2.32. The van der Waals surface area contributed by atoms with Gasteiger partial charge in [0.1, 0.15) is 5.03 Å². The molecule has 6 nitrogen and oxygen atoms in total. The number of aromatic nitrogens is 2. The number of amides is 1. The van der Waals surface area contributed by atoms with Gasteiger partial charge in [-0.05, 0) is 43.7 Å². The average molecular weight is 381 g/mol. The van der Waals surface area contributed by atoms with Crippen molar-refractivity contribution in [3.05, 3.63) is 53.7 Å². The van der Waals surface area contributed by atoms with Crippen LogP contribution in [-0.4, -0.2) is 27.9 Å². The third-order valence-corrected chi connectivity index (χ3v) is 5.44. The number of carbonyl (C=O) groups is 1. The maximum Gasteiger partial charge on any atom is 0.233 e. The molecule has 0 aliphatic carbocycles. The standard InChI is InChI=1S/C20H19N3O3S/c1-12-20(23-16-6-4-3-5-15(16)22-12)27-13(2)19(24)21-10-14-7-8-17-18(9-14)26-11-25-17/h3-9,13H,10-11H2,1-2H3,(H,21,24). The molecule has 1 unspecified atom stereocenters. The van der Waals surface area contributed by atoms with Gasteiger partial charge < -0.3 is 14.8 Å². The van der Waals surface area contributed by atoms with Crippen molar-refractivity contribution in [1.29, 1.82) is 0 Å². The van der Waals surface area contributed by atoms with Crippen LogP contribution in [0.1, 0.15) is 18.2 Å². The lowest BCUT2D eigenvalue weighted by Gasteiger charge is -2.13. The molecule has 138 valence electrons. The van der Waals surface area contributed by atoms with Gasteiger partial charge in [0, 0.05) is 6.54 Å². The van der Waals surface area contributed by atoms with Crippen LogP contribution in [-0.2, 0) is 11.3 Å². The molecule has 0 bridgehead atoms. The van der Waals surface area contributed by atoms with E-state index in [4.69, 9.17) is 9.47 Å². The fourth-order valence-electron chi connectivity index (χ4n) is 2.79. The number of para-hydroxylation sites is 2. The second kappa shape index (κ2) is 7.44. The molecule has 1 N–H and O–H groups in total. The van der Waals surface area contributed by atoms with Gasteiger partial charge in [-0.15, -0.1) is 0 Å². The first-order valence-corrected chi connectivity index (χ1v) is 9.54. The van der Waals surface area contributed by atoms with Gasteiger partial charge in [0.15, 0.2) is 11.5 Å². The third kappa shape index (κ3) is 3.83. The van der Waals surface area contributed by atoms with Gasteiger partial charge in [-0.25, -0.2) is 9.97 Å². The van der Waals surface area contributed by atoms with Crippen molar-refractivity contribution in [3.8, 4) is 11.5 Å². The van der Waals surface area contributed by atoms with Gasteiger partial charge in [-0.2, -0.15) is 0 Å². The van der Waals surface area contributed by atoms with Gasteiger partial charge in [-0.1, -0.05) is 30.0 Å². The number of fused-ring (bicyclic) bond motifs is 2. The highest BCUT2D eigenvalue weighted by molar-refractivity contribution is 8.00. The summed E-state index contributed by atoms with van der Waals surface area (Å²) < 4.78 is 10.7. The van der Waals surface area contributed by atoms with Gasteiger partial charge in [-0.3, -0.25) is 4.79 Å². The second-order valence-corrected chi connectivity index (χ2v) is 7.60. The lowest BCUT2D eigenvalue weighted by atomic mass is 10.2. The minimum atomic E-state index is -0.284. The molecule has 0 saturated carbocycles. The van der Waals surface area contributed by atoms with Crippen molar-refractivity contribution in [2.24, 2.45) is 0 Å². The van der Waals surface area contributed by atoms with Crippen molar-refractivity contribution in [2.45, 2.75) is 30.7 Å². The Labute approximate surface area is 161 Å². The zero-order valence-electron chi connectivity index (χ0n) is 15.1. The largest absolute Gasteiger partial charge is 0.454 e. The molecule has 1 aliphatic heterocycles. The van der Waals surface area contributed by atoms with Crippen LogP contribution in [0.4, 0.5) is 0 Å². The molecule has 2 heterocycles. The molecule has 0 fully saturated rings. The number of aryl methyl sites for hydroxylation is 1. The number of nitrogens with one attached hydrogen (secondary N) is 1. The Bertz CT molecular complexity index is 1010. The number of carbonyl (C=O) groups excluding carboxylic acids is 1. The quantitative estimate of drug-likeness (QED) is 0.683. The zero-order valence-corrected chi connectivity index (χ0v) is 15.9. The second-order valence-electron chi connectivity index (χ2n) is 6.27. The molecule has 1 aromatic heterocycles. The Morgan fingerprint density at radius 3 is 2.70 bits per heavy atom. The van der Waals surface area contributed by atoms with E-state index in [0.717, 1.165) is 33.1 Å². The lowest BCUT2D eigenvalue weighted by Crippen LogP contribution is -2.30. The van der Waals surface area contributed by atoms with E-state index in [-0.39, 0.29) is 18.0 Å². The normalized spacial score (nSPS) is 13.6. The van der Waals surface area contributed by atoms with Crippen LogP contribution < -0.4 is 14.8 Å². The summed E-state index contributed by atoms with van der Waals surface area (Å²) in [5, 5.41) is 3.46. The molecule has 0 spiro atoms. The van der Waals surface area contributed by atoms with Crippen molar-refractivity contribution in [1.82, 2.24) is 15.3 Å². The summed E-state index contributed by atoms with van der Waals surface area (Å²) in [6, 6.07) is 13.4. The van der Waals surface area contributed by atoms with Crippen molar-refractivity contribution < 1.29 is 14.3 Å². The Morgan fingerprint density at radius 1 is 1.15 bits per heavy atom. The Kier molecular flexibility index (Phi) is 4.85. The molecule has 0 radical (unpaired) electrons. The predicted octanol–water partition coefficient (Wildman–Crippen LogP) is 3.46. The summed E-state index contributed by atoms with van der Waals surface area (Å²) in [7, 11) is 0. The summed E-state index contributed by atoms with van der Waals surface area (Å²) >= 11 is 1.42. The van der Waals surface area contributed by atoms with E-state index in [0.29, 0.717) is 12.3 Å². The summed E-state index contributed by atoms with van der Waals surface area (Å²) in [5.41, 5.74) is 3.48. The van der Waals surface area contributed by atoms with E-state index >= 15 is 0 Å². The van der Waals surface area contributed by atoms with Crippen LogP contribution >= 0.6 is 11.8 Å². The monoisotopic (exact) mass is 381 g/mol. The van der Waals surface area contributed by atoms with E-state index in [1.807, 2.05) is 56.3 Å². The number of hydrogen-bond acceptors (Lipinski definition) is 6. The minimum absolute atomic E-state index is 0.0491. The SMILES string of the molecule is Cc1nc2ccccc2nc1SC(C)C(=O)NCc1ccc2c(c1)OCO2. The smallest absolute Gasteiger partial charge is 0.233 e. The van der Waals surface area contributed by atoms with Gasteiger partial charge in [0.25, 0.3) is 0 Å². The van der Waals surface area contributed by atoms with Crippen LogP contribution in [0.3, 0.4) is 0 Å². The first-order valence-electron chi connectivity index (χ1n) is 8.66. The summed E-state index contributed by atoms with van der Waals surface area (Å²) in [6.45, 7) is 4.46. The van der Waals surface area contributed by atoms with Crippen LogP contribution in [0, 0.1) is 6.92 Å². The molecule has 4 rings (SSSR count). The zero-order chi connectivity index (χ0) is 18.8. The van der Waals surface area contributed by atoms with Crippen LogP contribution in [0.2, 0.25) is 0 Å². The summed E-state index contributed by atoms with van der Waals surface area (Å²) in [5.74, 6) is 1.40. The molecule has 1 amide bonds.